The molecule has 1 N–H and O–H groups in total. The number of hydrogen-bond donors (Lipinski definition) is 1. The van der Waals surface area contributed by atoms with Crippen molar-refractivity contribution in [3.8, 4) is 17.2 Å². The maximum absolute atomic E-state index is 5.50. The normalized spacial score (nSPS) is 10.8. The molecule has 3 aromatic carbocycles. The number of methoxy groups -OCH3 is 3. The first kappa shape index (κ1) is 16.2. The molecule has 0 fully saturated rings. The molecule has 0 heterocycles. The van der Waals surface area contributed by atoms with Crippen LogP contribution in [0.15, 0.2) is 36.4 Å². The predicted octanol–water partition coefficient (Wildman–Crippen LogP) is 4.84. The van der Waals surface area contributed by atoms with E-state index in [9.17, 15) is 0 Å². The highest BCUT2D eigenvalue weighted by atomic mass is 16.5. The molecule has 0 atom stereocenters. The van der Waals surface area contributed by atoms with E-state index < -0.39 is 0 Å². The Morgan fingerprint density at radius 2 is 1.54 bits per heavy atom. The number of rotatable bonds is 6. The fourth-order valence-electron chi connectivity index (χ4n) is 2.99. The summed E-state index contributed by atoms with van der Waals surface area (Å²) in [5.74, 6) is 2.29. The lowest BCUT2D eigenvalue weighted by Crippen LogP contribution is -2.01. The van der Waals surface area contributed by atoms with Gasteiger partial charge in [0.1, 0.15) is 5.75 Å². The van der Waals surface area contributed by atoms with Crippen molar-refractivity contribution in [2.24, 2.45) is 0 Å². The maximum Gasteiger partial charge on any atom is 0.161 e. The van der Waals surface area contributed by atoms with Crippen molar-refractivity contribution in [1.29, 1.82) is 0 Å². The first-order valence-electron chi connectivity index (χ1n) is 8.12. The van der Waals surface area contributed by atoms with Crippen LogP contribution in [0.2, 0.25) is 0 Å². The van der Waals surface area contributed by atoms with Crippen molar-refractivity contribution in [2.45, 2.75) is 13.3 Å². The lowest BCUT2D eigenvalue weighted by Gasteiger charge is -2.15. The highest BCUT2D eigenvalue weighted by Gasteiger charge is 2.12. The summed E-state index contributed by atoms with van der Waals surface area (Å²) in [6.07, 6.45) is 1.07. The van der Waals surface area contributed by atoms with Crippen molar-refractivity contribution >= 4 is 27.2 Å². The van der Waals surface area contributed by atoms with Crippen LogP contribution in [0, 0.1) is 0 Å². The molecule has 0 aliphatic carbocycles. The molecule has 0 aromatic heterocycles. The Hall–Kier alpha value is -2.62. The third-order valence-corrected chi connectivity index (χ3v) is 4.23. The molecule has 0 saturated carbocycles. The van der Waals surface area contributed by atoms with E-state index in [1.165, 1.54) is 5.39 Å². The van der Waals surface area contributed by atoms with Gasteiger partial charge in [-0.1, -0.05) is 19.1 Å². The minimum atomic E-state index is 0.725. The van der Waals surface area contributed by atoms with E-state index in [1.807, 2.05) is 18.2 Å². The average Bonchev–Trinajstić information content (AvgIpc) is 2.64. The number of benzene rings is 3. The highest BCUT2D eigenvalue weighted by molar-refractivity contribution is 6.12. The second-order valence-electron chi connectivity index (χ2n) is 5.69. The summed E-state index contributed by atoms with van der Waals surface area (Å²) in [4.78, 5) is 0. The summed E-state index contributed by atoms with van der Waals surface area (Å²) in [6, 6.07) is 12.4. The Labute approximate surface area is 142 Å². The summed E-state index contributed by atoms with van der Waals surface area (Å²) in [5, 5.41) is 8.01. The van der Waals surface area contributed by atoms with Crippen molar-refractivity contribution < 1.29 is 14.2 Å². The maximum atomic E-state index is 5.50. The van der Waals surface area contributed by atoms with Gasteiger partial charge in [-0.25, -0.2) is 0 Å². The SMILES string of the molecule is CCCNc1cc(OC)cc2c1ccc1cc(OC)c(OC)cc12. The van der Waals surface area contributed by atoms with E-state index in [2.05, 4.69) is 30.4 Å². The molecule has 0 spiro atoms. The zero-order valence-corrected chi connectivity index (χ0v) is 14.6. The van der Waals surface area contributed by atoms with E-state index >= 15 is 0 Å². The quantitative estimate of drug-likeness (QED) is 0.658. The summed E-state index contributed by atoms with van der Waals surface area (Å²) in [6.45, 7) is 3.08. The molecule has 0 aliphatic heterocycles. The number of anilines is 1. The van der Waals surface area contributed by atoms with Crippen LogP contribution < -0.4 is 19.5 Å². The Morgan fingerprint density at radius 3 is 2.21 bits per heavy atom. The molecular formula is C20H23NO3. The van der Waals surface area contributed by atoms with Crippen molar-refractivity contribution in [2.75, 3.05) is 33.2 Å². The van der Waals surface area contributed by atoms with Crippen molar-refractivity contribution in [1.82, 2.24) is 0 Å². The molecule has 126 valence electrons. The smallest absolute Gasteiger partial charge is 0.161 e. The van der Waals surface area contributed by atoms with Crippen molar-refractivity contribution in [3.05, 3.63) is 36.4 Å². The number of ether oxygens (including phenoxy) is 3. The van der Waals surface area contributed by atoms with Crippen LogP contribution in [0.3, 0.4) is 0 Å². The highest BCUT2D eigenvalue weighted by Crippen LogP contribution is 2.39. The standard InChI is InChI=1S/C20H23NO3/c1-5-8-21-18-11-14(22-2)10-17-15(18)7-6-13-9-19(23-3)20(24-4)12-16(13)17/h6-7,9-12,21H,5,8H2,1-4H3. The molecule has 0 bridgehead atoms. The molecule has 0 unspecified atom stereocenters. The molecular weight excluding hydrogens is 302 g/mol. The second kappa shape index (κ2) is 6.87. The third-order valence-electron chi connectivity index (χ3n) is 4.23. The fourth-order valence-corrected chi connectivity index (χ4v) is 2.99. The van der Waals surface area contributed by atoms with Gasteiger partial charge in [-0.3, -0.25) is 0 Å². The minimum Gasteiger partial charge on any atom is -0.497 e. The Morgan fingerprint density at radius 1 is 0.792 bits per heavy atom. The Bertz CT molecular complexity index is 874. The van der Waals surface area contributed by atoms with Gasteiger partial charge in [0, 0.05) is 23.7 Å². The lowest BCUT2D eigenvalue weighted by atomic mass is 9.99. The van der Waals surface area contributed by atoms with Gasteiger partial charge in [0.2, 0.25) is 0 Å². The Kier molecular flexibility index (Phi) is 4.65. The van der Waals surface area contributed by atoms with Crippen molar-refractivity contribution in [3.63, 3.8) is 0 Å². The summed E-state index contributed by atoms with van der Waals surface area (Å²) in [7, 11) is 5.00. The molecule has 0 radical (unpaired) electrons. The molecule has 3 rings (SSSR count). The van der Waals surface area contributed by atoms with Crippen LogP contribution in [0.25, 0.3) is 21.5 Å². The molecule has 4 nitrogen and oxygen atoms in total. The summed E-state index contributed by atoms with van der Waals surface area (Å²) in [5.41, 5.74) is 1.09. The van der Waals surface area contributed by atoms with Crippen LogP contribution in [0.4, 0.5) is 5.69 Å². The minimum absolute atomic E-state index is 0.725. The topological polar surface area (TPSA) is 39.7 Å². The second-order valence-corrected chi connectivity index (χ2v) is 5.69. The van der Waals surface area contributed by atoms with Gasteiger partial charge in [-0.05, 0) is 40.8 Å². The third kappa shape index (κ3) is 2.80. The summed E-state index contributed by atoms with van der Waals surface area (Å²) >= 11 is 0. The fraction of sp³-hybridized carbons (Fsp3) is 0.300. The van der Waals surface area contributed by atoms with Gasteiger partial charge in [0.05, 0.1) is 21.3 Å². The first-order chi connectivity index (χ1) is 11.7. The van der Waals surface area contributed by atoms with Gasteiger partial charge in [-0.2, -0.15) is 0 Å². The monoisotopic (exact) mass is 325 g/mol. The largest absolute Gasteiger partial charge is 0.497 e. The van der Waals surface area contributed by atoms with Gasteiger partial charge >= 0.3 is 0 Å². The number of nitrogens with one attached hydrogen (secondary N) is 1. The van der Waals surface area contributed by atoms with E-state index in [-0.39, 0.29) is 0 Å². The van der Waals surface area contributed by atoms with Crippen LogP contribution in [0.5, 0.6) is 17.2 Å². The van der Waals surface area contributed by atoms with E-state index in [0.29, 0.717) is 0 Å². The van der Waals surface area contributed by atoms with Crippen LogP contribution in [-0.4, -0.2) is 27.9 Å². The molecule has 3 aromatic rings. The molecule has 4 heteroatoms. The van der Waals surface area contributed by atoms with E-state index in [4.69, 9.17) is 14.2 Å². The number of hydrogen-bond acceptors (Lipinski definition) is 4. The van der Waals surface area contributed by atoms with Gasteiger partial charge in [-0.15, -0.1) is 0 Å². The van der Waals surface area contributed by atoms with E-state index in [1.54, 1.807) is 21.3 Å². The molecule has 0 saturated heterocycles. The average molecular weight is 325 g/mol. The van der Waals surface area contributed by atoms with Crippen LogP contribution in [0.1, 0.15) is 13.3 Å². The van der Waals surface area contributed by atoms with Crippen LogP contribution in [-0.2, 0) is 0 Å². The van der Waals surface area contributed by atoms with E-state index in [0.717, 1.165) is 52.1 Å². The predicted molar refractivity (Wildman–Crippen MR) is 99.9 cm³/mol. The molecule has 24 heavy (non-hydrogen) atoms. The van der Waals surface area contributed by atoms with Gasteiger partial charge in [0.15, 0.2) is 11.5 Å². The molecule has 0 amide bonds. The Balaban J connectivity index is 2.32. The van der Waals surface area contributed by atoms with Gasteiger partial charge in [0.25, 0.3) is 0 Å². The first-order valence-corrected chi connectivity index (χ1v) is 8.12. The zero-order valence-electron chi connectivity index (χ0n) is 14.6. The molecule has 0 aliphatic rings. The van der Waals surface area contributed by atoms with Crippen LogP contribution >= 0.6 is 0 Å². The zero-order chi connectivity index (χ0) is 17.1. The summed E-state index contributed by atoms with van der Waals surface area (Å²) < 4.78 is 16.4. The van der Waals surface area contributed by atoms with Gasteiger partial charge < -0.3 is 19.5 Å². The number of fused-ring (bicyclic) bond motifs is 3. The lowest BCUT2D eigenvalue weighted by molar-refractivity contribution is 0.356.